The van der Waals surface area contributed by atoms with Crippen molar-refractivity contribution < 1.29 is 80.2 Å². The summed E-state index contributed by atoms with van der Waals surface area (Å²) in [4.78, 5) is 73.0. The molecule has 0 fully saturated rings. The van der Waals surface area contributed by atoms with E-state index in [1.165, 1.54) is 257 Å². The molecule has 0 aromatic carbocycles. The van der Waals surface area contributed by atoms with Gasteiger partial charge in [-0.15, -0.1) is 0 Å². The Labute approximate surface area is 613 Å². The minimum Gasteiger partial charge on any atom is -0.462 e. The lowest BCUT2D eigenvalue weighted by Crippen LogP contribution is -2.30. The lowest BCUT2D eigenvalue weighted by atomic mass is 10.0. The number of esters is 4. The van der Waals surface area contributed by atoms with Crippen LogP contribution in [-0.2, 0) is 65.4 Å². The van der Waals surface area contributed by atoms with Gasteiger partial charge in [0.1, 0.15) is 19.3 Å². The van der Waals surface area contributed by atoms with Crippen molar-refractivity contribution in [1.82, 2.24) is 0 Å². The van der Waals surface area contributed by atoms with Crippen LogP contribution in [0.3, 0.4) is 0 Å². The maximum Gasteiger partial charge on any atom is 0.472 e. The summed E-state index contributed by atoms with van der Waals surface area (Å²) < 4.78 is 68.7. The van der Waals surface area contributed by atoms with Crippen molar-refractivity contribution in [2.75, 3.05) is 39.6 Å². The van der Waals surface area contributed by atoms with Gasteiger partial charge in [-0.3, -0.25) is 37.3 Å². The van der Waals surface area contributed by atoms with Crippen LogP contribution in [0.15, 0.2) is 0 Å². The molecule has 0 spiro atoms. The largest absolute Gasteiger partial charge is 0.472 e. The normalized spacial score (nSPS) is 13.8. The maximum absolute atomic E-state index is 13.1. The quantitative estimate of drug-likeness (QED) is 0.0222. The van der Waals surface area contributed by atoms with Gasteiger partial charge in [0.2, 0.25) is 0 Å². The Hall–Kier alpha value is -1.94. The smallest absolute Gasteiger partial charge is 0.462 e. The highest BCUT2D eigenvalue weighted by atomic mass is 31.2. The van der Waals surface area contributed by atoms with Gasteiger partial charge in [0.05, 0.1) is 26.4 Å². The van der Waals surface area contributed by atoms with Crippen LogP contribution >= 0.6 is 15.6 Å². The van der Waals surface area contributed by atoms with Gasteiger partial charge < -0.3 is 33.8 Å². The highest BCUT2D eigenvalue weighted by Crippen LogP contribution is 2.45. The zero-order chi connectivity index (χ0) is 73.4. The topological polar surface area (TPSA) is 237 Å². The van der Waals surface area contributed by atoms with Crippen LogP contribution in [0.5, 0.6) is 0 Å². The van der Waals surface area contributed by atoms with E-state index >= 15 is 0 Å². The first-order valence-corrected chi connectivity index (χ1v) is 45.1. The molecule has 2 unspecified atom stereocenters. The zero-order valence-electron chi connectivity index (χ0n) is 65.3. The van der Waals surface area contributed by atoms with E-state index < -0.39 is 97.5 Å². The molecular weight excluding hydrogens is 1310 g/mol. The van der Waals surface area contributed by atoms with Gasteiger partial charge in [0, 0.05) is 25.7 Å². The summed E-state index contributed by atoms with van der Waals surface area (Å²) in [5.74, 6) is -1.32. The molecule has 0 saturated heterocycles. The van der Waals surface area contributed by atoms with E-state index in [1.54, 1.807) is 0 Å². The summed E-state index contributed by atoms with van der Waals surface area (Å²) in [5, 5.41) is 10.6. The van der Waals surface area contributed by atoms with Crippen LogP contribution in [0.2, 0.25) is 0 Å². The summed E-state index contributed by atoms with van der Waals surface area (Å²) in [6, 6.07) is 0. The van der Waals surface area contributed by atoms with Gasteiger partial charge in [0.25, 0.3) is 0 Å². The maximum atomic E-state index is 13.1. The Bertz CT molecular complexity index is 1910. The standard InChI is InChI=1S/C81H158O17P2/c1-6-9-12-15-18-21-24-26-27-28-29-30-31-32-33-35-42-47-52-57-62-67-81(86)98-77(71-92-79(84)65-60-55-50-45-40-37-36-39-43-48-53-58-63-74(4)5)73-96-100(89,90)94-69-75(82)68-93-99(87,88)95-72-76(70-91-78(83)64-59-54-49-44-38-23-20-17-14-11-8-3)97-80(85)66-61-56-51-46-41-34-25-22-19-16-13-10-7-2/h74-77,82H,6-73H2,1-5H3,(H,87,88)(H,89,90)/t75-,76+,77+/m0/s1. The summed E-state index contributed by atoms with van der Waals surface area (Å²) in [6.07, 6.45) is 65.2. The molecule has 0 aliphatic heterocycles. The van der Waals surface area contributed by atoms with Crippen LogP contribution in [0.25, 0.3) is 0 Å². The zero-order valence-corrected chi connectivity index (χ0v) is 67.1. The third-order valence-electron chi connectivity index (χ3n) is 19.0. The van der Waals surface area contributed by atoms with Crippen molar-refractivity contribution >= 4 is 39.5 Å². The molecule has 594 valence electrons. The van der Waals surface area contributed by atoms with E-state index in [0.29, 0.717) is 25.7 Å². The van der Waals surface area contributed by atoms with Crippen molar-refractivity contribution in [3.05, 3.63) is 0 Å². The summed E-state index contributed by atoms with van der Waals surface area (Å²) >= 11 is 0. The molecule has 0 rings (SSSR count). The Morgan fingerprint density at radius 1 is 0.270 bits per heavy atom. The Morgan fingerprint density at radius 2 is 0.460 bits per heavy atom. The molecule has 0 bridgehead atoms. The second kappa shape index (κ2) is 73.9. The van der Waals surface area contributed by atoms with Crippen LogP contribution in [0.4, 0.5) is 0 Å². The number of hydrogen-bond acceptors (Lipinski definition) is 15. The molecule has 0 aromatic rings. The van der Waals surface area contributed by atoms with Gasteiger partial charge in [-0.25, -0.2) is 9.13 Å². The van der Waals surface area contributed by atoms with E-state index in [0.717, 1.165) is 95.8 Å². The molecule has 0 radical (unpaired) electrons. The number of phosphoric ester groups is 2. The van der Waals surface area contributed by atoms with Gasteiger partial charge in [-0.2, -0.15) is 0 Å². The molecule has 0 heterocycles. The number of unbranched alkanes of at least 4 members (excludes halogenated alkanes) is 53. The number of aliphatic hydroxyl groups is 1. The van der Waals surface area contributed by atoms with Gasteiger partial charge in [-0.05, 0) is 31.6 Å². The van der Waals surface area contributed by atoms with Gasteiger partial charge in [0.15, 0.2) is 12.2 Å². The monoisotopic (exact) mass is 1470 g/mol. The van der Waals surface area contributed by atoms with Crippen molar-refractivity contribution in [2.24, 2.45) is 5.92 Å². The fraction of sp³-hybridized carbons (Fsp3) is 0.951. The third-order valence-corrected chi connectivity index (χ3v) is 20.9. The summed E-state index contributed by atoms with van der Waals surface area (Å²) in [6.45, 7) is 7.34. The molecule has 0 aromatic heterocycles. The SMILES string of the molecule is CCCCCCCCCCCCCCCCCCCCCCCC(=O)O[C@H](COC(=O)CCCCCCCCCCCCCCC(C)C)COP(=O)(O)OC[C@@H](O)COP(=O)(O)OC[C@@H](COC(=O)CCCCCCCCCCCCC)OC(=O)CCCCCCCCCCCCCCC. The number of phosphoric acid groups is 2. The number of aliphatic hydroxyl groups excluding tert-OH is 1. The van der Waals surface area contributed by atoms with E-state index in [-0.39, 0.29) is 25.7 Å². The Kier molecular flexibility index (Phi) is 72.5. The second-order valence-electron chi connectivity index (χ2n) is 29.6. The van der Waals surface area contributed by atoms with Gasteiger partial charge in [-0.1, -0.05) is 381 Å². The first-order valence-electron chi connectivity index (χ1n) is 42.1. The number of rotatable bonds is 81. The molecule has 5 atom stereocenters. The average molecular weight is 1470 g/mol. The first kappa shape index (κ1) is 98.1. The molecule has 0 amide bonds. The molecule has 100 heavy (non-hydrogen) atoms. The Balaban J connectivity index is 5.22. The first-order chi connectivity index (χ1) is 48.5. The fourth-order valence-electron chi connectivity index (χ4n) is 12.6. The van der Waals surface area contributed by atoms with E-state index in [2.05, 4.69) is 34.6 Å². The highest BCUT2D eigenvalue weighted by molar-refractivity contribution is 7.47. The Morgan fingerprint density at radius 3 is 0.680 bits per heavy atom. The molecule has 0 saturated carbocycles. The van der Waals surface area contributed by atoms with Crippen LogP contribution in [0.1, 0.15) is 433 Å². The molecule has 0 aliphatic carbocycles. The number of ether oxygens (including phenoxy) is 4. The van der Waals surface area contributed by atoms with Crippen molar-refractivity contribution in [3.63, 3.8) is 0 Å². The van der Waals surface area contributed by atoms with E-state index in [9.17, 15) is 43.2 Å². The number of hydrogen-bond donors (Lipinski definition) is 3. The lowest BCUT2D eigenvalue weighted by molar-refractivity contribution is -0.161. The molecule has 17 nitrogen and oxygen atoms in total. The summed E-state index contributed by atoms with van der Waals surface area (Å²) in [7, 11) is -9.92. The minimum absolute atomic E-state index is 0.108. The predicted molar refractivity (Wildman–Crippen MR) is 409 cm³/mol. The average Bonchev–Trinajstić information content (AvgIpc) is 0.916. The van der Waals surface area contributed by atoms with Crippen LogP contribution < -0.4 is 0 Å². The molecular formula is C81H158O17P2. The van der Waals surface area contributed by atoms with Crippen LogP contribution in [0, 0.1) is 5.92 Å². The predicted octanol–water partition coefficient (Wildman–Crippen LogP) is 24.4. The van der Waals surface area contributed by atoms with Crippen molar-refractivity contribution in [3.8, 4) is 0 Å². The molecule has 0 aliphatic rings. The van der Waals surface area contributed by atoms with Crippen molar-refractivity contribution in [2.45, 2.75) is 451 Å². The van der Waals surface area contributed by atoms with Crippen LogP contribution in [-0.4, -0.2) is 96.7 Å². The minimum atomic E-state index is -4.96. The third kappa shape index (κ3) is 74.3. The van der Waals surface area contributed by atoms with E-state index in [1.807, 2.05) is 0 Å². The number of carbonyl (C=O) groups is 4. The van der Waals surface area contributed by atoms with Crippen molar-refractivity contribution in [1.29, 1.82) is 0 Å². The number of carbonyl (C=O) groups excluding carboxylic acids is 4. The fourth-order valence-corrected chi connectivity index (χ4v) is 14.2. The second-order valence-corrected chi connectivity index (χ2v) is 32.5. The molecule has 3 N–H and O–H groups in total. The highest BCUT2D eigenvalue weighted by Gasteiger charge is 2.30. The lowest BCUT2D eigenvalue weighted by Gasteiger charge is -2.21. The van der Waals surface area contributed by atoms with E-state index in [4.69, 9.17) is 37.0 Å². The van der Waals surface area contributed by atoms with Gasteiger partial charge >= 0.3 is 39.5 Å². The summed E-state index contributed by atoms with van der Waals surface area (Å²) in [5.41, 5.74) is 0. The molecule has 19 heteroatoms.